The van der Waals surface area contributed by atoms with E-state index in [0.29, 0.717) is 16.6 Å². The van der Waals surface area contributed by atoms with Crippen molar-refractivity contribution in [2.45, 2.75) is 0 Å². The van der Waals surface area contributed by atoms with Gasteiger partial charge in [-0.05, 0) is 37.4 Å². The van der Waals surface area contributed by atoms with Crippen LogP contribution in [-0.4, -0.2) is 53.3 Å². The quantitative estimate of drug-likeness (QED) is 0.725. The molecule has 0 unspecified atom stereocenters. The number of piperazine rings is 1. The highest BCUT2D eigenvalue weighted by atomic mass is 19.1. The summed E-state index contributed by atoms with van der Waals surface area (Å²) in [7, 11) is 2.12. The van der Waals surface area contributed by atoms with Crippen LogP contribution >= 0.6 is 0 Å². The Morgan fingerprint density at radius 3 is 2.58 bits per heavy atom. The summed E-state index contributed by atoms with van der Waals surface area (Å²) in [4.78, 5) is 8.85. The van der Waals surface area contributed by atoms with Crippen LogP contribution < -0.4 is 4.90 Å². The van der Waals surface area contributed by atoms with Crippen molar-refractivity contribution in [2.24, 2.45) is 0 Å². The SMILES string of the molecule is CN1CCN(c2ccc(-c3cnc4cccc(F)c4c3)nn2)CC1. The monoisotopic (exact) mass is 323 g/mol. The zero-order chi connectivity index (χ0) is 16.5. The molecule has 1 fully saturated rings. The van der Waals surface area contributed by atoms with Crippen LogP contribution in [0, 0.1) is 5.82 Å². The number of pyridine rings is 1. The van der Waals surface area contributed by atoms with Gasteiger partial charge in [0.05, 0.1) is 11.2 Å². The molecule has 24 heavy (non-hydrogen) atoms. The second-order valence-corrected chi connectivity index (χ2v) is 6.10. The summed E-state index contributed by atoms with van der Waals surface area (Å²) >= 11 is 0. The van der Waals surface area contributed by atoms with Crippen LogP contribution in [0.1, 0.15) is 0 Å². The molecular formula is C18H18FN5. The number of hydrogen-bond acceptors (Lipinski definition) is 5. The number of aromatic nitrogens is 3. The molecule has 3 heterocycles. The lowest BCUT2D eigenvalue weighted by molar-refractivity contribution is 0.312. The van der Waals surface area contributed by atoms with Crippen molar-refractivity contribution in [3.63, 3.8) is 0 Å². The lowest BCUT2D eigenvalue weighted by atomic mass is 10.1. The van der Waals surface area contributed by atoms with Gasteiger partial charge in [0.25, 0.3) is 0 Å². The molecule has 1 aliphatic rings. The molecule has 1 aromatic carbocycles. The van der Waals surface area contributed by atoms with E-state index in [9.17, 15) is 4.39 Å². The highest BCUT2D eigenvalue weighted by Gasteiger charge is 2.16. The number of anilines is 1. The molecule has 0 spiro atoms. The first-order chi connectivity index (χ1) is 11.7. The highest BCUT2D eigenvalue weighted by molar-refractivity contribution is 5.83. The second-order valence-electron chi connectivity index (χ2n) is 6.10. The van der Waals surface area contributed by atoms with Crippen molar-refractivity contribution in [1.82, 2.24) is 20.1 Å². The van der Waals surface area contributed by atoms with Gasteiger partial charge in [0.15, 0.2) is 5.82 Å². The van der Waals surface area contributed by atoms with Gasteiger partial charge in [-0.3, -0.25) is 4.98 Å². The van der Waals surface area contributed by atoms with Crippen LogP contribution in [0.5, 0.6) is 0 Å². The van der Waals surface area contributed by atoms with Gasteiger partial charge < -0.3 is 9.80 Å². The third kappa shape index (κ3) is 2.80. The molecule has 0 N–H and O–H groups in total. The molecule has 0 saturated carbocycles. The molecule has 1 saturated heterocycles. The molecule has 0 radical (unpaired) electrons. The van der Waals surface area contributed by atoms with E-state index in [1.54, 1.807) is 24.4 Å². The molecule has 0 bridgehead atoms. The fourth-order valence-corrected chi connectivity index (χ4v) is 2.94. The molecule has 122 valence electrons. The molecule has 0 atom stereocenters. The van der Waals surface area contributed by atoms with Crippen LogP contribution in [0.3, 0.4) is 0 Å². The first kappa shape index (κ1) is 15.0. The topological polar surface area (TPSA) is 45.2 Å². The van der Waals surface area contributed by atoms with Crippen molar-refractivity contribution in [3.05, 3.63) is 48.4 Å². The molecule has 5 nitrogen and oxygen atoms in total. The standard InChI is InChI=1S/C18H18FN5/c1-23-7-9-24(10-8-23)18-6-5-16(21-22-18)13-11-14-15(19)3-2-4-17(14)20-12-13/h2-6,11-12H,7-10H2,1H3. The van der Waals surface area contributed by atoms with Gasteiger partial charge in [-0.25, -0.2) is 4.39 Å². The number of nitrogens with zero attached hydrogens (tertiary/aromatic N) is 5. The molecule has 2 aromatic heterocycles. The summed E-state index contributed by atoms with van der Waals surface area (Å²) in [6, 6.07) is 10.6. The van der Waals surface area contributed by atoms with Gasteiger partial charge in [0.1, 0.15) is 5.82 Å². The number of benzene rings is 1. The van der Waals surface area contributed by atoms with Crippen LogP contribution in [0.25, 0.3) is 22.2 Å². The minimum Gasteiger partial charge on any atom is -0.353 e. The first-order valence-corrected chi connectivity index (χ1v) is 8.02. The van der Waals surface area contributed by atoms with Gasteiger partial charge in [-0.15, -0.1) is 10.2 Å². The third-order valence-electron chi connectivity index (χ3n) is 4.45. The number of hydrogen-bond donors (Lipinski definition) is 0. The molecule has 0 amide bonds. The van der Waals surface area contributed by atoms with E-state index in [1.807, 2.05) is 12.1 Å². The Balaban J connectivity index is 1.62. The molecule has 3 aromatic rings. The highest BCUT2D eigenvalue weighted by Crippen LogP contribution is 2.23. The molecule has 1 aliphatic heterocycles. The average molecular weight is 323 g/mol. The predicted octanol–water partition coefficient (Wildman–Crippen LogP) is 2.58. The smallest absolute Gasteiger partial charge is 0.151 e. The lowest BCUT2D eigenvalue weighted by Gasteiger charge is -2.32. The summed E-state index contributed by atoms with van der Waals surface area (Å²) in [5.41, 5.74) is 2.11. The lowest BCUT2D eigenvalue weighted by Crippen LogP contribution is -2.44. The second kappa shape index (κ2) is 6.13. The fourth-order valence-electron chi connectivity index (χ4n) is 2.94. The first-order valence-electron chi connectivity index (χ1n) is 8.02. The van der Waals surface area contributed by atoms with Crippen LogP contribution in [0.4, 0.5) is 10.2 Å². The van der Waals surface area contributed by atoms with E-state index in [2.05, 4.69) is 32.0 Å². The maximum atomic E-state index is 13.9. The molecule has 4 rings (SSSR count). The van der Waals surface area contributed by atoms with E-state index in [4.69, 9.17) is 0 Å². The van der Waals surface area contributed by atoms with Crippen molar-refractivity contribution < 1.29 is 4.39 Å². The fraction of sp³-hybridized carbons (Fsp3) is 0.278. The Hall–Kier alpha value is -2.60. The molecule has 0 aliphatic carbocycles. The molecular weight excluding hydrogens is 305 g/mol. The van der Waals surface area contributed by atoms with Crippen LogP contribution in [0.2, 0.25) is 0 Å². The van der Waals surface area contributed by atoms with E-state index < -0.39 is 0 Å². The van der Waals surface area contributed by atoms with Gasteiger partial charge in [0, 0.05) is 43.3 Å². The van der Waals surface area contributed by atoms with Crippen molar-refractivity contribution in [1.29, 1.82) is 0 Å². The summed E-state index contributed by atoms with van der Waals surface area (Å²) < 4.78 is 13.9. The average Bonchev–Trinajstić information content (AvgIpc) is 2.63. The van der Waals surface area contributed by atoms with Gasteiger partial charge in [-0.1, -0.05) is 6.07 Å². The Labute approximate surface area is 139 Å². The van der Waals surface area contributed by atoms with Crippen molar-refractivity contribution in [2.75, 3.05) is 38.1 Å². The zero-order valence-corrected chi connectivity index (χ0v) is 13.5. The van der Waals surface area contributed by atoms with E-state index in [1.165, 1.54) is 6.07 Å². The van der Waals surface area contributed by atoms with E-state index in [-0.39, 0.29) is 5.82 Å². The van der Waals surface area contributed by atoms with Gasteiger partial charge >= 0.3 is 0 Å². The summed E-state index contributed by atoms with van der Waals surface area (Å²) in [5.74, 6) is 0.607. The van der Waals surface area contributed by atoms with E-state index in [0.717, 1.165) is 37.6 Å². The molecule has 6 heteroatoms. The Bertz CT molecular complexity index is 857. The maximum Gasteiger partial charge on any atom is 0.151 e. The zero-order valence-electron chi connectivity index (χ0n) is 13.5. The minimum atomic E-state index is -0.274. The Morgan fingerprint density at radius 2 is 1.83 bits per heavy atom. The van der Waals surface area contributed by atoms with Crippen molar-refractivity contribution in [3.8, 4) is 11.3 Å². The van der Waals surface area contributed by atoms with E-state index >= 15 is 0 Å². The van der Waals surface area contributed by atoms with Crippen molar-refractivity contribution >= 4 is 16.7 Å². The third-order valence-corrected chi connectivity index (χ3v) is 4.45. The van der Waals surface area contributed by atoms with Crippen LogP contribution in [-0.2, 0) is 0 Å². The Morgan fingerprint density at radius 1 is 1.00 bits per heavy atom. The number of rotatable bonds is 2. The number of halogens is 1. The maximum absolute atomic E-state index is 13.9. The van der Waals surface area contributed by atoms with Gasteiger partial charge in [0.2, 0.25) is 0 Å². The Kier molecular flexibility index (Phi) is 3.82. The van der Waals surface area contributed by atoms with Gasteiger partial charge in [-0.2, -0.15) is 0 Å². The summed E-state index contributed by atoms with van der Waals surface area (Å²) in [5, 5.41) is 9.15. The predicted molar refractivity (Wildman–Crippen MR) is 92.4 cm³/mol. The normalized spacial score (nSPS) is 15.8. The number of likely N-dealkylation sites (N-methyl/N-ethyl adjacent to an activating group) is 1. The van der Waals surface area contributed by atoms with Crippen LogP contribution in [0.15, 0.2) is 42.6 Å². The largest absolute Gasteiger partial charge is 0.353 e. The minimum absolute atomic E-state index is 0.274. The summed E-state index contributed by atoms with van der Waals surface area (Å²) in [6.07, 6.45) is 1.71. The summed E-state index contributed by atoms with van der Waals surface area (Å²) in [6.45, 7) is 3.95. The number of fused-ring (bicyclic) bond motifs is 1.